The van der Waals surface area contributed by atoms with E-state index < -0.39 is 0 Å². The van der Waals surface area contributed by atoms with Crippen LogP contribution in [0.2, 0.25) is 0 Å². The van der Waals surface area contributed by atoms with Crippen molar-refractivity contribution in [2.75, 3.05) is 19.8 Å². The summed E-state index contributed by atoms with van der Waals surface area (Å²) in [6.07, 6.45) is 2.91. The Hall–Kier alpha value is -2.49. The third-order valence-corrected chi connectivity index (χ3v) is 5.42. The summed E-state index contributed by atoms with van der Waals surface area (Å²) in [6, 6.07) is 12.2. The van der Waals surface area contributed by atoms with E-state index in [4.69, 9.17) is 9.47 Å². The van der Waals surface area contributed by atoms with Crippen LogP contribution in [0.4, 0.5) is 0 Å². The van der Waals surface area contributed by atoms with E-state index in [1.54, 1.807) is 0 Å². The van der Waals surface area contributed by atoms with Crippen molar-refractivity contribution in [3.63, 3.8) is 0 Å². The molecule has 0 spiro atoms. The highest BCUT2D eigenvalue weighted by Crippen LogP contribution is 2.36. The second-order valence-corrected chi connectivity index (χ2v) is 7.21. The molecule has 4 heteroatoms. The van der Waals surface area contributed by atoms with Crippen LogP contribution in [0.15, 0.2) is 36.4 Å². The van der Waals surface area contributed by atoms with Gasteiger partial charge in [0.15, 0.2) is 11.5 Å². The van der Waals surface area contributed by atoms with Crippen molar-refractivity contribution < 1.29 is 14.3 Å². The number of likely N-dealkylation sites (tertiary alicyclic amines) is 1. The van der Waals surface area contributed by atoms with E-state index in [1.165, 1.54) is 16.7 Å². The van der Waals surface area contributed by atoms with Gasteiger partial charge in [-0.25, -0.2) is 0 Å². The summed E-state index contributed by atoms with van der Waals surface area (Å²) in [6.45, 7) is 6.32. The Bertz CT molecular complexity index is 830. The van der Waals surface area contributed by atoms with E-state index in [2.05, 4.69) is 32.0 Å². The maximum atomic E-state index is 13.2. The van der Waals surface area contributed by atoms with Gasteiger partial charge in [0, 0.05) is 18.5 Å². The van der Waals surface area contributed by atoms with Gasteiger partial charge < -0.3 is 14.4 Å². The molecule has 1 amide bonds. The minimum absolute atomic E-state index is 0.0707. The van der Waals surface area contributed by atoms with Crippen molar-refractivity contribution in [3.05, 3.63) is 58.7 Å². The second-order valence-electron chi connectivity index (χ2n) is 7.21. The van der Waals surface area contributed by atoms with E-state index in [9.17, 15) is 4.79 Å². The van der Waals surface area contributed by atoms with Crippen LogP contribution < -0.4 is 9.47 Å². The average Bonchev–Trinajstić information content (AvgIpc) is 3.01. The summed E-state index contributed by atoms with van der Waals surface area (Å²) < 4.78 is 11.4. The van der Waals surface area contributed by atoms with Gasteiger partial charge in [0.25, 0.3) is 5.91 Å². The molecule has 1 unspecified atom stereocenters. The first-order valence-corrected chi connectivity index (χ1v) is 9.41. The molecule has 136 valence electrons. The Morgan fingerprint density at radius 1 is 0.962 bits per heavy atom. The molecular formula is C22H25NO3. The smallest absolute Gasteiger partial charge is 0.254 e. The zero-order valence-corrected chi connectivity index (χ0v) is 15.5. The molecule has 2 aromatic carbocycles. The van der Waals surface area contributed by atoms with Gasteiger partial charge in [-0.2, -0.15) is 0 Å². The molecule has 1 atom stereocenters. The number of amides is 1. The summed E-state index contributed by atoms with van der Waals surface area (Å²) in [5.41, 5.74) is 4.46. The highest BCUT2D eigenvalue weighted by molar-refractivity contribution is 5.95. The standard InChI is InChI=1S/C22H25NO3/c1-15-6-7-17(13-16(15)2)19-5-3-10-23(19)22(24)18-8-9-20-21(14-18)26-12-4-11-25-20/h6-9,13-14,19H,3-5,10-12H2,1-2H3. The summed E-state index contributed by atoms with van der Waals surface area (Å²) in [7, 11) is 0. The minimum atomic E-state index is 0.0707. The predicted molar refractivity (Wildman–Crippen MR) is 101 cm³/mol. The van der Waals surface area contributed by atoms with Crippen LogP contribution in [0, 0.1) is 13.8 Å². The van der Waals surface area contributed by atoms with E-state index >= 15 is 0 Å². The number of nitrogens with zero attached hydrogens (tertiary/aromatic N) is 1. The second kappa shape index (κ2) is 7.02. The van der Waals surface area contributed by atoms with Crippen molar-refractivity contribution in [1.82, 2.24) is 4.90 Å². The first-order chi connectivity index (χ1) is 12.6. The van der Waals surface area contributed by atoms with Gasteiger partial charge in [0.05, 0.1) is 19.3 Å². The number of rotatable bonds is 2. The number of ether oxygens (including phenoxy) is 2. The number of benzene rings is 2. The van der Waals surface area contributed by atoms with Crippen LogP contribution in [0.3, 0.4) is 0 Å². The fraction of sp³-hybridized carbons (Fsp3) is 0.409. The van der Waals surface area contributed by atoms with E-state index in [0.717, 1.165) is 31.6 Å². The van der Waals surface area contributed by atoms with Crippen molar-refractivity contribution in [2.24, 2.45) is 0 Å². The Morgan fingerprint density at radius 2 is 1.77 bits per heavy atom. The molecule has 0 bridgehead atoms. The number of hydrogen-bond acceptors (Lipinski definition) is 3. The maximum Gasteiger partial charge on any atom is 0.254 e. The molecule has 2 aliphatic heterocycles. The Kier molecular flexibility index (Phi) is 4.58. The molecule has 1 saturated heterocycles. The van der Waals surface area contributed by atoms with Crippen molar-refractivity contribution in [3.8, 4) is 11.5 Å². The zero-order chi connectivity index (χ0) is 18.1. The average molecular weight is 351 g/mol. The molecule has 1 fully saturated rings. The number of carbonyl (C=O) groups is 1. The molecule has 26 heavy (non-hydrogen) atoms. The summed E-state index contributed by atoms with van der Waals surface area (Å²) in [5.74, 6) is 1.47. The summed E-state index contributed by atoms with van der Waals surface area (Å²) >= 11 is 0. The predicted octanol–water partition coefficient (Wildman–Crippen LogP) is 4.44. The lowest BCUT2D eigenvalue weighted by Crippen LogP contribution is -2.30. The molecule has 2 aromatic rings. The molecular weight excluding hydrogens is 326 g/mol. The largest absolute Gasteiger partial charge is 0.490 e. The molecule has 0 N–H and O–H groups in total. The third kappa shape index (κ3) is 3.16. The van der Waals surface area contributed by atoms with E-state index in [-0.39, 0.29) is 11.9 Å². The van der Waals surface area contributed by atoms with Gasteiger partial charge in [-0.1, -0.05) is 18.2 Å². The molecule has 2 heterocycles. The van der Waals surface area contributed by atoms with Crippen LogP contribution in [-0.4, -0.2) is 30.6 Å². The van der Waals surface area contributed by atoms with Gasteiger partial charge in [-0.3, -0.25) is 4.79 Å². The molecule has 0 saturated carbocycles. The van der Waals surface area contributed by atoms with Gasteiger partial charge in [-0.15, -0.1) is 0 Å². The van der Waals surface area contributed by atoms with E-state index in [0.29, 0.717) is 24.5 Å². The fourth-order valence-electron chi connectivity index (χ4n) is 3.79. The quantitative estimate of drug-likeness (QED) is 0.803. The lowest BCUT2D eigenvalue weighted by atomic mass is 9.99. The van der Waals surface area contributed by atoms with Crippen LogP contribution in [-0.2, 0) is 0 Å². The number of hydrogen-bond donors (Lipinski definition) is 0. The van der Waals surface area contributed by atoms with Crippen molar-refractivity contribution in [1.29, 1.82) is 0 Å². The Labute approximate surface area is 154 Å². The summed E-state index contributed by atoms with van der Waals surface area (Å²) in [4.78, 5) is 15.2. The van der Waals surface area contributed by atoms with Gasteiger partial charge in [0.1, 0.15) is 0 Å². The molecule has 2 aliphatic rings. The van der Waals surface area contributed by atoms with Crippen LogP contribution in [0.5, 0.6) is 11.5 Å². The first kappa shape index (κ1) is 17.0. The Morgan fingerprint density at radius 3 is 2.58 bits per heavy atom. The van der Waals surface area contributed by atoms with Crippen LogP contribution in [0.25, 0.3) is 0 Å². The van der Waals surface area contributed by atoms with Crippen LogP contribution >= 0.6 is 0 Å². The number of fused-ring (bicyclic) bond motifs is 1. The SMILES string of the molecule is Cc1ccc(C2CCCN2C(=O)c2ccc3c(c2)OCCCO3)cc1C. The van der Waals surface area contributed by atoms with Gasteiger partial charge in [0.2, 0.25) is 0 Å². The fourth-order valence-corrected chi connectivity index (χ4v) is 3.79. The van der Waals surface area contributed by atoms with Gasteiger partial charge in [-0.05, 0) is 61.6 Å². The molecule has 4 rings (SSSR count). The molecule has 4 nitrogen and oxygen atoms in total. The number of aryl methyl sites for hydroxylation is 2. The van der Waals surface area contributed by atoms with E-state index in [1.807, 2.05) is 23.1 Å². The molecule has 0 aliphatic carbocycles. The van der Waals surface area contributed by atoms with Crippen molar-refractivity contribution >= 4 is 5.91 Å². The highest BCUT2D eigenvalue weighted by atomic mass is 16.5. The minimum Gasteiger partial charge on any atom is -0.490 e. The Balaban J connectivity index is 1.60. The normalized spacial score (nSPS) is 19.3. The number of carbonyl (C=O) groups excluding carboxylic acids is 1. The monoisotopic (exact) mass is 351 g/mol. The van der Waals surface area contributed by atoms with Gasteiger partial charge >= 0.3 is 0 Å². The third-order valence-electron chi connectivity index (χ3n) is 5.42. The van der Waals surface area contributed by atoms with Crippen LogP contribution in [0.1, 0.15) is 52.4 Å². The lowest BCUT2D eigenvalue weighted by molar-refractivity contribution is 0.0735. The maximum absolute atomic E-state index is 13.2. The first-order valence-electron chi connectivity index (χ1n) is 9.41. The zero-order valence-electron chi connectivity index (χ0n) is 15.5. The topological polar surface area (TPSA) is 38.8 Å². The molecule has 0 aromatic heterocycles. The lowest BCUT2D eigenvalue weighted by Gasteiger charge is -2.26. The summed E-state index contributed by atoms with van der Waals surface area (Å²) in [5, 5.41) is 0. The highest BCUT2D eigenvalue weighted by Gasteiger charge is 2.31. The van der Waals surface area contributed by atoms with Crippen molar-refractivity contribution in [2.45, 2.75) is 39.2 Å². The molecule has 0 radical (unpaired) electrons.